The van der Waals surface area contributed by atoms with E-state index in [0.717, 1.165) is 0 Å². The van der Waals surface area contributed by atoms with E-state index in [1.165, 1.54) is 7.11 Å². The Morgan fingerprint density at radius 3 is 2.40 bits per heavy atom. The minimum Gasteiger partial charge on any atom is -0.468 e. The zero-order valence-electron chi connectivity index (χ0n) is 13.5. The summed E-state index contributed by atoms with van der Waals surface area (Å²) >= 11 is 6.25. The zero-order valence-corrected chi connectivity index (χ0v) is 14.2. The van der Waals surface area contributed by atoms with Gasteiger partial charge < -0.3 is 4.74 Å². The Bertz CT molecular complexity index is 784. The molecule has 1 aliphatic heterocycles. The first kappa shape index (κ1) is 17.4. The van der Waals surface area contributed by atoms with Crippen molar-refractivity contribution in [2.24, 2.45) is 0 Å². The SMILES string of the molecule is COC(=O)[C@@H]1N[C@H](c2ccccc2Cl)[C@H]([N+](=O)[O-])[C@H]1c1ccccc1. The normalized spacial score (nSPS) is 25.5. The number of rotatable bonds is 4. The summed E-state index contributed by atoms with van der Waals surface area (Å²) in [6.07, 6.45) is 0. The first-order chi connectivity index (χ1) is 12.0. The molecule has 0 saturated carbocycles. The minimum atomic E-state index is -1.05. The van der Waals surface area contributed by atoms with E-state index in [0.29, 0.717) is 16.1 Å². The van der Waals surface area contributed by atoms with Crippen LogP contribution in [0.4, 0.5) is 0 Å². The number of methoxy groups -OCH3 is 1. The highest BCUT2D eigenvalue weighted by atomic mass is 35.5. The summed E-state index contributed by atoms with van der Waals surface area (Å²) in [5, 5.41) is 15.4. The molecule has 2 aromatic carbocycles. The number of ether oxygens (including phenoxy) is 1. The summed E-state index contributed by atoms with van der Waals surface area (Å²) in [4.78, 5) is 23.8. The maximum atomic E-state index is 12.3. The molecule has 25 heavy (non-hydrogen) atoms. The van der Waals surface area contributed by atoms with E-state index >= 15 is 0 Å². The lowest BCUT2D eigenvalue weighted by Gasteiger charge is -2.19. The fourth-order valence-electron chi connectivity index (χ4n) is 3.46. The van der Waals surface area contributed by atoms with Crippen molar-refractivity contribution in [3.63, 3.8) is 0 Å². The summed E-state index contributed by atoms with van der Waals surface area (Å²) in [5.74, 6) is -1.19. The average molecular weight is 361 g/mol. The van der Waals surface area contributed by atoms with Crippen LogP contribution in [0, 0.1) is 10.1 Å². The van der Waals surface area contributed by atoms with Crippen LogP contribution in [-0.4, -0.2) is 30.1 Å². The zero-order chi connectivity index (χ0) is 18.0. The number of esters is 1. The van der Waals surface area contributed by atoms with Gasteiger partial charge in [-0.2, -0.15) is 0 Å². The van der Waals surface area contributed by atoms with Gasteiger partial charge in [-0.25, -0.2) is 0 Å². The van der Waals surface area contributed by atoms with Crippen LogP contribution < -0.4 is 5.32 Å². The molecule has 0 radical (unpaired) electrons. The fourth-order valence-corrected chi connectivity index (χ4v) is 3.71. The molecule has 1 fully saturated rings. The van der Waals surface area contributed by atoms with Crippen molar-refractivity contribution in [2.45, 2.75) is 24.0 Å². The first-order valence-corrected chi connectivity index (χ1v) is 8.19. The van der Waals surface area contributed by atoms with Crippen molar-refractivity contribution in [1.82, 2.24) is 5.32 Å². The second-order valence-corrected chi connectivity index (χ2v) is 6.29. The Morgan fingerprint density at radius 2 is 1.80 bits per heavy atom. The van der Waals surface area contributed by atoms with Crippen LogP contribution in [0.1, 0.15) is 23.1 Å². The molecule has 3 rings (SSSR count). The summed E-state index contributed by atoms with van der Waals surface area (Å²) < 4.78 is 4.87. The molecule has 0 aromatic heterocycles. The highest BCUT2D eigenvalue weighted by molar-refractivity contribution is 6.31. The van der Waals surface area contributed by atoms with Gasteiger partial charge in [0.15, 0.2) is 0 Å². The van der Waals surface area contributed by atoms with Crippen LogP contribution in [0.5, 0.6) is 0 Å². The minimum absolute atomic E-state index is 0.346. The van der Waals surface area contributed by atoms with Gasteiger partial charge >= 0.3 is 5.97 Å². The molecule has 6 nitrogen and oxygen atoms in total. The van der Waals surface area contributed by atoms with Crippen LogP contribution in [0.15, 0.2) is 54.6 Å². The van der Waals surface area contributed by atoms with E-state index in [1.807, 2.05) is 6.07 Å². The van der Waals surface area contributed by atoms with Crippen LogP contribution in [-0.2, 0) is 9.53 Å². The van der Waals surface area contributed by atoms with Gasteiger partial charge in [0.25, 0.3) is 0 Å². The number of hydrogen-bond donors (Lipinski definition) is 1. The molecule has 0 spiro atoms. The van der Waals surface area contributed by atoms with Crippen LogP contribution in [0.2, 0.25) is 5.02 Å². The van der Waals surface area contributed by atoms with E-state index in [9.17, 15) is 14.9 Å². The maximum Gasteiger partial charge on any atom is 0.323 e. The lowest BCUT2D eigenvalue weighted by atomic mass is 9.85. The molecule has 4 atom stereocenters. The third-order valence-corrected chi connectivity index (χ3v) is 4.90. The molecule has 1 aliphatic rings. The van der Waals surface area contributed by atoms with Crippen molar-refractivity contribution in [3.8, 4) is 0 Å². The highest BCUT2D eigenvalue weighted by Gasteiger charge is 2.55. The number of benzene rings is 2. The van der Waals surface area contributed by atoms with Gasteiger partial charge in [0, 0.05) is 9.95 Å². The van der Waals surface area contributed by atoms with Crippen LogP contribution >= 0.6 is 11.6 Å². The smallest absolute Gasteiger partial charge is 0.323 e. The molecule has 1 N–H and O–H groups in total. The Kier molecular flexibility index (Phi) is 5.01. The van der Waals surface area contributed by atoms with Gasteiger partial charge in [0.05, 0.1) is 13.0 Å². The van der Waals surface area contributed by atoms with Gasteiger partial charge in [0.1, 0.15) is 12.1 Å². The number of nitro groups is 1. The number of hydrogen-bond acceptors (Lipinski definition) is 5. The Balaban J connectivity index is 2.11. The maximum absolute atomic E-state index is 12.3. The van der Waals surface area contributed by atoms with Gasteiger partial charge in [-0.05, 0) is 17.2 Å². The molecule has 0 amide bonds. The van der Waals surface area contributed by atoms with E-state index in [2.05, 4.69) is 5.32 Å². The molecule has 2 aromatic rings. The Labute approximate surface area is 149 Å². The van der Waals surface area contributed by atoms with E-state index in [4.69, 9.17) is 16.3 Å². The summed E-state index contributed by atoms with van der Waals surface area (Å²) in [6, 6.07) is 13.3. The fraction of sp³-hybridized carbons (Fsp3) is 0.278. The highest BCUT2D eigenvalue weighted by Crippen LogP contribution is 2.42. The van der Waals surface area contributed by atoms with Gasteiger partial charge in [0.2, 0.25) is 6.04 Å². The number of carbonyl (C=O) groups excluding carboxylic acids is 1. The lowest BCUT2D eigenvalue weighted by molar-refractivity contribution is -0.527. The second kappa shape index (κ2) is 7.21. The Hall–Kier alpha value is -2.44. The first-order valence-electron chi connectivity index (χ1n) is 7.81. The van der Waals surface area contributed by atoms with Gasteiger partial charge in [-0.3, -0.25) is 20.2 Å². The number of nitrogens with one attached hydrogen (secondary N) is 1. The second-order valence-electron chi connectivity index (χ2n) is 5.88. The molecule has 0 bridgehead atoms. The van der Waals surface area contributed by atoms with E-state index in [1.54, 1.807) is 48.5 Å². The topological polar surface area (TPSA) is 81.5 Å². The van der Waals surface area contributed by atoms with Crippen molar-refractivity contribution >= 4 is 17.6 Å². The average Bonchev–Trinajstić information content (AvgIpc) is 3.02. The number of halogens is 1. The van der Waals surface area contributed by atoms with E-state index in [-0.39, 0.29) is 4.92 Å². The molecular weight excluding hydrogens is 344 g/mol. The third-order valence-electron chi connectivity index (χ3n) is 4.55. The van der Waals surface area contributed by atoms with Crippen LogP contribution in [0.3, 0.4) is 0 Å². The summed E-state index contributed by atoms with van der Waals surface area (Å²) in [5.41, 5.74) is 1.31. The summed E-state index contributed by atoms with van der Waals surface area (Å²) in [7, 11) is 1.27. The largest absolute Gasteiger partial charge is 0.468 e. The molecule has 1 saturated heterocycles. The predicted molar refractivity (Wildman–Crippen MR) is 93.1 cm³/mol. The molecular formula is C18H17ClN2O4. The number of nitrogens with zero attached hydrogens (tertiary/aromatic N) is 1. The van der Waals surface area contributed by atoms with E-state index < -0.39 is 30.0 Å². The van der Waals surface area contributed by atoms with Gasteiger partial charge in [-0.15, -0.1) is 0 Å². The van der Waals surface area contributed by atoms with Crippen molar-refractivity contribution in [3.05, 3.63) is 80.9 Å². The molecule has 7 heteroatoms. The van der Waals surface area contributed by atoms with Crippen LogP contribution in [0.25, 0.3) is 0 Å². The molecule has 1 heterocycles. The molecule has 0 aliphatic carbocycles. The summed E-state index contributed by atoms with van der Waals surface area (Å²) in [6.45, 7) is 0. The predicted octanol–water partition coefficient (Wildman–Crippen LogP) is 2.96. The van der Waals surface area contributed by atoms with Crippen molar-refractivity contribution in [2.75, 3.05) is 7.11 Å². The molecule has 0 unspecified atom stereocenters. The van der Waals surface area contributed by atoms with Crippen molar-refractivity contribution < 1.29 is 14.5 Å². The van der Waals surface area contributed by atoms with Crippen molar-refractivity contribution in [1.29, 1.82) is 0 Å². The molecule has 130 valence electrons. The van der Waals surface area contributed by atoms with Gasteiger partial charge in [-0.1, -0.05) is 60.1 Å². The quantitative estimate of drug-likeness (QED) is 0.515. The Morgan fingerprint density at radius 1 is 1.16 bits per heavy atom. The number of carbonyl (C=O) groups is 1. The lowest BCUT2D eigenvalue weighted by Crippen LogP contribution is -2.37. The monoisotopic (exact) mass is 360 g/mol. The third kappa shape index (κ3) is 3.23. The standard InChI is InChI=1S/C18H17ClN2O4/c1-25-18(22)16-14(11-7-3-2-4-8-11)17(21(23)24)15(20-16)12-9-5-6-10-13(12)19/h2-10,14-17,20H,1H3/t14-,15+,16+,17+/m0/s1.